The number of hydrogen-bond acceptors (Lipinski definition) is 10. The van der Waals surface area contributed by atoms with Crippen LogP contribution in [0.3, 0.4) is 0 Å². The standard InChI is InChI=1S/C34H31F2N5O4S2/c1-18-13-25(30(35)36)39-31(24(18)16-37)46-17-22-14-20(7-12-26(22)44-5)15-27-32(42)41-29(21-8-10-23(11-9-21)40(3)4)28(33(43)45-6)19(2)38-34(41)47-27/h7-15,29-30H,17H2,1-6H3/b27-15-/t29-/m0/s1. The van der Waals surface area contributed by atoms with Crippen LogP contribution in [-0.4, -0.2) is 43.8 Å². The summed E-state index contributed by atoms with van der Waals surface area (Å²) in [4.78, 5) is 38.1. The summed E-state index contributed by atoms with van der Waals surface area (Å²) in [5.74, 6) is 0.253. The number of aromatic nitrogens is 2. The number of benzene rings is 2. The molecule has 2 aromatic heterocycles. The zero-order chi connectivity index (χ0) is 34.0. The minimum atomic E-state index is -2.77. The Morgan fingerprint density at radius 2 is 1.89 bits per heavy atom. The highest BCUT2D eigenvalue weighted by Gasteiger charge is 2.33. The summed E-state index contributed by atoms with van der Waals surface area (Å²) in [5, 5.41) is 9.85. The van der Waals surface area contributed by atoms with Crippen LogP contribution in [0.5, 0.6) is 5.75 Å². The first-order valence-electron chi connectivity index (χ1n) is 14.3. The SMILES string of the molecule is COC(=O)C1=C(C)N=c2s/c(=C\c3ccc(OC)c(CSc4nc(C(F)F)cc(C)c4C#N)c3)c(=O)n2[C@H]1c1ccc(N(C)C)cc1. The number of nitrogens with zero attached hydrogens (tertiary/aromatic N) is 5. The van der Waals surface area contributed by atoms with Gasteiger partial charge in [-0.2, -0.15) is 5.26 Å². The predicted molar refractivity (Wildman–Crippen MR) is 178 cm³/mol. The van der Waals surface area contributed by atoms with E-state index in [1.54, 1.807) is 32.1 Å². The number of thiazole rings is 1. The number of carbonyl (C=O) groups excluding carboxylic acids is 1. The lowest BCUT2D eigenvalue weighted by Gasteiger charge is -2.25. The molecule has 242 valence electrons. The Morgan fingerprint density at radius 3 is 2.51 bits per heavy atom. The van der Waals surface area contributed by atoms with E-state index in [4.69, 9.17) is 9.47 Å². The Kier molecular flexibility index (Phi) is 9.93. The molecular formula is C34H31F2N5O4S2. The molecule has 5 rings (SSSR count). The molecule has 2 aromatic carbocycles. The number of esters is 1. The Morgan fingerprint density at radius 1 is 1.17 bits per heavy atom. The Hall–Kier alpha value is -4.80. The van der Waals surface area contributed by atoms with Crippen LogP contribution in [0.25, 0.3) is 6.08 Å². The summed E-state index contributed by atoms with van der Waals surface area (Å²) in [6.45, 7) is 3.33. The first-order chi connectivity index (χ1) is 22.5. The van der Waals surface area contributed by atoms with Gasteiger partial charge in [0.05, 0.1) is 41.6 Å². The van der Waals surface area contributed by atoms with Crippen LogP contribution in [0.15, 0.2) is 74.6 Å². The normalized spacial score (nSPS) is 14.5. The molecule has 4 aromatic rings. The van der Waals surface area contributed by atoms with Gasteiger partial charge in [0.25, 0.3) is 12.0 Å². The molecule has 3 heterocycles. The van der Waals surface area contributed by atoms with Crippen LogP contribution in [0.1, 0.15) is 52.9 Å². The molecule has 0 radical (unpaired) electrons. The molecule has 1 aliphatic heterocycles. The molecule has 0 saturated heterocycles. The second-order valence-corrected chi connectivity index (χ2v) is 12.8. The van der Waals surface area contributed by atoms with Gasteiger partial charge in [-0.3, -0.25) is 9.36 Å². The number of halogens is 2. The third kappa shape index (κ3) is 6.70. The maximum Gasteiger partial charge on any atom is 0.338 e. The number of nitriles is 1. The summed E-state index contributed by atoms with van der Waals surface area (Å²) in [6.07, 6.45) is -1.03. The number of rotatable bonds is 9. The van der Waals surface area contributed by atoms with E-state index in [9.17, 15) is 23.6 Å². The van der Waals surface area contributed by atoms with Crippen molar-refractivity contribution >= 4 is 40.8 Å². The van der Waals surface area contributed by atoms with Crippen molar-refractivity contribution in [1.29, 1.82) is 5.26 Å². The number of allylic oxidation sites excluding steroid dienone is 1. The second kappa shape index (κ2) is 13.9. The largest absolute Gasteiger partial charge is 0.496 e. The topological polar surface area (TPSA) is 110 Å². The fraction of sp³-hybridized carbons (Fsp3) is 0.265. The minimum absolute atomic E-state index is 0.207. The number of thioether (sulfide) groups is 1. The van der Waals surface area contributed by atoms with Crippen LogP contribution in [0.2, 0.25) is 0 Å². The molecule has 1 atom stereocenters. The highest BCUT2D eigenvalue weighted by atomic mass is 32.2. The maximum atomic E-state index is 14.0. The van der Waals surface area contributed by atoms with Gasteiger partial charge in [-0.25, -0.2) is 23.6 Å². The highest BCUT2D eigenvalue weighted by Crippen LogP contribution is 2.34. The summed E-state index contributed by atoms with van der Waals surface area (Å²) in [6, 6.07) is 15.6. The number of pyridine rings is 1. The van der Waals surface area contributed by atoms with Crippen LogP contribution in [-0.2, 0) is 15.3 Å². The van der Waals surface area contributed by atoms with E-state index in [0.29, 0.717) is 37.5 Å². The number of methoxy groups -OCH3 is 2. The van der Waals surface area contributed by atoms with E-state index in [1.165, 1.54) is 36.2 Å². The van der Waals surface area contributed by atoms with E-state index < -0.39 is 24.1 Å². The molecule has 0 unspecified atom stereocenters. The van der Waals surface area contributed by atoms with E-state index in [0.717, 1.165) is 23.0 Å². The van der Waals surface area contributed by atoms with Crippen molar-refractivity contribution in [2.45, 2.75) is 37.1 Å². The van der Waals surface area contributed by atoms with E-state index >= 15 is 0 Å². The molecule has 9 nitrogen and oxygen atoms in total. The van der Waals surface area contributed by atoms with Crippen molar-refractivity contribution in [3.63, 3.8) is 0 Å². The monoisotopic (exact) mass is 675 g/mol. The highest BCUT2D eigenvalue weighted by molar-refractivity contribution is 7.98. The van der Waals surface area contributed by atoms with Gasteiger partial charge in [0, 0.05) is 31.1 Å². The molecule has 0 bridgehead atoms. The fourth-order valence-corrected chi connectivity index (χ4v) is 7.37. The zero-order valence-corrected chi connectivity index (χ0v) is 28.1. The van der Waals surface area contributed by atoms with Gasteiger partial charge in [0.1, 0.15) is 22.5 Å². The average molecular weight is 676 g/mol. The molecule has 0 saturated carbocycles. The predicted octanol–water partition coefficient (Wildman–Crippen LogP) is 5.29. The van der Waals surface area contributed by atoms with Crippen LogP contribution < -0.4 is 24.5 Å². The van der Waals surface area contributed by atoms with Gasteiger partial charge in [-0.1, -0.05) is 29.5 Å². The minimum Gasteiger partial charge on any atom is -0.496 e. The van der Waals surface area contributed by atoms with Gasteiger partial charge in [0.15, 0.2) is 4.80 Å². The van der Waals surface area contributed by atoms with Crippen LogP contribution in [0.4, 0.5) is 14.5 Å². The number of alkyl halides is 2. The van der Waals surface area contributed by atoms with Gasteiger partial charge in [0.2, 0.25) is 0 Å². The van der Waals surface area contributed by atoms with Crippen LogP contribution >= 0.6 is 23.1 Å². The van der Waals surface area contributed by atoms with Gasteiger partial charge >= 0.3 is 5.97 Å². The third-order valence-corrected chi connectivity index (χ3v) is 9.66. The molecule has 1 aliphatic rings. The quantitative estimate of drug-likeness (QED) is 0.174. The summed E-state index contributed by atoms with van der Waals surface area (Å²) >= 11 is 2.36. The number of ether oxygens (including phenoxy) is 2. The number of carbonyl (C=O) groups is 1. The van der Waals surface area contributed by atoms with E-state index in [2.05, 4.69) is 16.0 Å². The number of aryl methyl sites for hydroxylation is 1. The van der Waals surface area contributed by atoms with Crippen molar-refractivity contribution in [3.05, 3.63) is 113 Å². The lowest BCUT2D eigenvalue weighted by atomic mass is 9.95. The number of anilines is 1. The zero-order valence-electron chi connectivity index (χ0n) is 26.5. The van der Waals surface area contributed by atoms with Gasteiger partial charge in [-0.05, 0) is 66.9 Å². The second-order valence-electron chi connectivity index (χ2n) is 10.9. The summed E-state index contributed by atoms with van der Waals surface area (Å²) in [7, 11) is 6.68. The molecule has 0 N–H and O–H groups in total. The molecule has 0 amide bonds. The molecule has 13 heteroatoms. The van der Waals surface area contributed by atoms with Crippen molar-refractivity contribution in [1.82, 2.24) is 9.55 Å². The fourth-order valence-electron chi connectivity index (χ4n) is 5.28. The molecular weight excluding hydrogens is 645 g/mol. The van der Waals surface area contributed by atoms with Crippen LogP contribution in [0, 0.1) is 18.3 Å². The molecule has 0 spiro atoms. The Balaban J connectivity index is 1.57. The van der Waals surface area contributed by atoms with Gasteiger partial charge < -0.3 is 14.4 Å². The Labute approximate surface area is 278 Å². The van der Waals surface area contributed by atoms with E-state index in [-0.39, 0.29) is 27.5 Å². The van der Waals surface area contributed by atoms with Gasteiger partial charge in [-0.15, -0.1) is 11.8 Å². The van der Waals surface area contributed by atoms with Crippen molar-refractivity contribution < 1.29 is 23.0 Å². The lowest BCUT2D eigenvalue weighted by molar-refractivity contribution is -0.136. The molecule has 47 heavy (non-hydrogen) atoms. The first-order valence-corrected chi connectivity index (χ1v) is 16.1. The maximum absolute atomic E-state index is 14.0. The Bertz CT molecular complexity index is 2120. The summed E-state index contributed by atoms with van der Waals surface area (Å²) < 4.78 is 39.5. The average Bonchev–Trinajstić information content (AvgIpc) is 3.35. The summed E-state index contributed by atoms with van der Waals surface area (Å²) in [5.41, 5.74) is 3.80. The first kappa shape index (κ1) is 33.6. The molecule has 0 fully saturated rings. The van der Waals surface area contributed by atoms with Crippen molar-refractivity contribution in [2.24, 2.45) is 4.99 Å². The van der Waals surface area contributed by atoms with Crippen molar-refractivity contribution in [2.75, 3.05) is 33.2 Å². The lowest BCUT2D eigenvalue weighted by Crippen LogP contribution is -2.39. The molecule has 0 aliphatic carbocycles. The number of fused-ring (bicyclic) bond motifs is 1. The van der Waals surface area contributed by atoms with E-state index in [1.807, 2.05) is 49.3 Å². The number of hydrogen-bond donors (Lipinski definition) is 0. The van der Waals surface area contributed by atoms with Crippen molar-refractivity contribution in [3.8, 4) is 11.8 Å². The third-order valence-electron chi connectivity index (χ3n) is 7.66. The smallest absolute Gasteiger partial charge is 0.338 e.